The van der Waals surface area contributed by atoms with Crippen molar-refractivity contribution in [1.82, 2.24) is 4.98 Å². The van der Waals surface area contributed by atoms with E-state index >= 15 is 0 Å². The molecule has 1 spiro atoms. The van der Waals surface area contributed by atoms with Crippen molar-refractivity contribution < 1.29 is 27.8 Å². The van der Waals surface area contributed by atoms with Crippen LogP contribution in [0.2, 0.25) is 0 Å². The molecular weight excluding hydrogens is 443 g/mol. The number of fused-ring (bicyclic) bond motifs is 4. The molecule has 3 aliphatic rings. The van der Waals surface area contributed by atoms with Crippen LogP contribution in [0, 0.1) is 5.41 Å². The van der Waals surface area contributed by atoms with Gasteiger partial charge in [0.05, 0.1) is 23.0 Å². The van der Waals surface area contributed by atoms with Crippen LogP contribution in [0.4, 0.5) is 13.2 Å². The van der Waals surface area contributed by atoms with Gasteiger partial charge in [-0.05, 0) is 54.0 Å². The normalized spacial score (nSPS) is 25.1. The Bertz CT molecular complexity index is 1130. The van der Waals surface area contributed by atoms with Crippen LogP contribution in [0.1, 0.15) is 91.4 Å². The molecule has 1 aliphatic carbocycles. The van der Waals surface area contributed by atoms with Crippen molar-refractivity contribution in [3.05, 3.63) is 70.0 Å². The molecule has 0 saturated carbocycles. The Kier molecular flexibility index (Phi) is 5.47. The monoisotopic (exact) mass is 473 g/mol. The zero-order valence-corrected chi connectivity index (χ0v) is 19.8. The van der Waals surface area contributed by atoms with Crippen LogP contribution in [-0.4, -0.2) is 23.3 Å². The van der Waals surface area contributed by atoms with Crippen molar-refractivity contribution in [3.63, 3.8) is 0 Å². The van der Waals surface area contributed by atoms with Crippen molar-refractivity contribution in [3.8, 4) is 0 Å². The number of nitrogens with zero attached hydrogens (tertiary/aromatic N) is 1. The predicted octanol–water partition coefficient (Wildman–Crippen LogP) is 6.26. The number of allylic oxidation sites excluding steroid dienone is 1. The van der Waals surface area contributed by atoms with Crippen LogP contribution >= 0.6 is 0 Å². The number of aliphatic hydroxyl groups excluding tert-OH is 1. The molecule has 1 saturated heterocycles. The van der Waals surface area contributed by atoms with Gasteiger partial charge in [-0.25, -0.2) is 0 Å². The van der Waals surface area contributed by atoms with Crippen LogP contribution in [0.3, 0.4) is 0 Å². The second kappa shape index (κ2) is 7.90. The molecule has 2 aromatic rings. The lowest BCUT2D eigenvalue weighted by Gasteiger charge is -2.40. The van der Waals surface area contributed by atoms with Gasteiger partial charge < -0.3 is 14.6 Å². The lowest BCUT2D eigenvalue weighted by atomic mass is 9.70. The molecule has 2 atom stereocenters. The van der Waals surface area contributed by atoms with Gasteiger partial charge in [-0.1, -0.05) is 32.6 Å². The number of benzene rings is 1. The van der Waals surface area contributed by atoms with Gasteiger partial charge in [0.25, 0.3) is 0 Å². The van der Waals surface area contributed by atoms with Crippen LogP contribution < -0.4 is 0 Å². The number of hydrogen-bond donors (Lipinski definition) is 1. The van der Waals surface area contributed by atoms with Crippen LogP contribution in [0.5, 0.6) is 0 Å². The number of alkyl halides is 3. The molecule has 5 rings (SSSR count). The molecule has 3 heterocycles. The van der Waals surface area contributed by atoms with Gasteiger partial charge in [0.15, 0.2) is 0 Å². The number of halogens is 3. The Morgan fingerprint density at radius 2 is 1.76 bits per heavy atom. The molecule has 0 amide bonds. The SMILES string of the molecule is C=C(C)c1nc2c(c3c1C(c1ccc(C(F)(F)F)cc1)OC31CCOCC1)C(O)CC(C)(C)C2. The van der Waals surface area contributed by atoms with Gasteiger partial charge in [0.1, 0.15) is 6.10 Å². The highest BCUT2D eigenvalue weighted by Gasteiger charge is 2.52. The minimum atomic E-state index is -4.41. The molecule has 2 unspecified atom stereocenters. The molecule has 1 fully saturated rings. The summed E-state index contributed by atoms with van der Waals surface area (Å²) in [6.07, 6.45) is -3.13. The Hall–Kier alpha value is -2.22. The molecule has 182 valence electrons. The smallest absolute Gasteiger partial charge is 0.388 e. The van der Waals surface area contributed by atoms with Gasteiger partial charge in [0.2, 0.25) is 0 Å². The van der Waals surface area contributed by atoms with Crippen molar-refractivity contribution in [1.29, 1.82) is 0 Å². The zero-order chi connectivity index (χ0) is 24.5. The summed E-state index contributed by atoms with van der Waals surface area (Å²) < 4.78 is 52.0. The fourth-order valence-electron chi connectivity index (χ4n) is 5.87. The third kappa shape index (κ3) is 3.78. The van der Waals surface area contributed by atoms with E-state index in [4.69, 9.17) is 14.5 Å². The largest absolute Gasteiger partial charge is 0.416 e. The van der Waals surface area contributed by atoms with E-state index < -0.39 is 29.5 Å². The Labute approximate surface area is 197 Å². The maximum atomic E-state index is 13.2. The second-order valence-corrected chi connectivity index (χ2v) is 10.7. The summed E-state index contributed by atoms with van der Waals surface area (Å²) in [7, 11) is 0. The Morgan fingerprint density at radius 1 is 1.12 bits per heavy atom. The predicted molar refractivity (Wildman–Crippen MR) is 122 cm³/mol. The number of ether oxygens (including phenoxy) is 2. The second-order valence-electron chi connectivity index (χ2n) is 10.7. The van der Waals surface area contributed by atoms with E-state index in [0.717, 1.165) is 46.5 Å². The highest BCUT2D eigenvalue weighted by Crippen LogP contribution is 2.57. The van der Waals surface area contributed by atoms with E-state index in [1.165, 1.54) is 12.1 Å². The number of pyridine rings is 1. The van der Waals surface area contributed by atoms with Crippen LogP contribution in [-0.2, 0) is 27.7 Å². The number of aliphatic hydroxyl groups is 1. The van der Waals surface area contributed by atoms with Gasteiger partial charge in [-0.15, -0.1) is 0 Å². The average molecular weight is 474 g/mol. The summed E-state index contributed by atoms with van der Waals surface area (Å²) in [6, 6.07) is 5.15. The third-order valence-electron chi connectivity index (χ3n) is 7.38. The first kappa shape index (κ1) is 23.5. The first-order valence-electron chi connectivity index (χ1n) is 11.8. The molecule has 34 heavy (non-hydrogen) atoms. The number of hydrogen-bond acceptors (Lipinski definition) is 4. The van der Waals surface area contributed by atoms with Crippen LogP contribution in [0.15, 0.2) is 30.8 Å². The first-order chi connectivity index (χ1) is 15.9. The zero-order valence-electron chi connectivity index (χ0n) is 19.8. The average Bonchev–Trinajstić information content (AvgIpc) is 3.06. The molecule has 1 N–H and O–H groups in total. The summed E-state index contributed by atoms with van der Waals surface area (Å²) in [5, 5.41) is 11.3. The number of aromatic nitrogens is 1. The molecule has 1 aromatic heterocycles. The fourth-order valence-corrected chi connectivity index (χ4v) is 5.87. The van der Waals surface area contributed by atoms with Crippen molar-refractivity contribution in [2.75, 3.05) is 13.2 Å². The van der Waals surface area contributed by atoms with Gasteiger partial charge in [-0.3, -0.25) is 4.98 Å². The highest BCUT2D eigenvalue weighted by atomic mass is 19.4. The minimum Gasteiger partial charge on any atom is -0.388 e. The van der Waals surface area contributed by atoms with Crippen LogP contribution in [0.25, 0.3) is 5.57 Å². The van der Waals surface area contributed by atoms with Gasteiger partial charge in [-0.2, -0.15) is 13.2 Å². The summed E-state index contributed by atoms with van der Waals surface area (Å²) in [5.41, 5.74) is 4.10. The molecular formula is C27H30F3NO3. The lowest BCUT2D eigenvalue weighted by Crippen LogP contribution is -2.37. The van der Waals surface area contributed by atoms with E-state index in [2.05, 4.69) is 20.4 Å². The first-order valence-corrected chi connectivity index (χ1v) is 11.8. The molecule has 0 radical (unpaired) electrons. The minimum absolute atomic E-state index is 0.102. The van der Waals surface area contributed by atoms with Crippen molar-refractivity contribution >= 4 is 5.57 Å². The molecule has 1 aromatic carbocycles. The Balaban J connectivity index is 1.75. The summed E-state index contributed by atoms with van der Waals surface area (Å²) >= 11 is 0. The van der Waals surface area contributed by atoms with E-state index in [-0.39, 0.29) is 5.41 Å². The fraction of sp³-hybridized carbons (Fsp3) is 0.519. The standard InChI is InChI=1S/C27H30F3NO3/c1-15(2)23-21-22(20-18(31-23)13-25(3,4)14-19(20)32)26(9-11-33-12-10-26)34-24(21)16-5-7-17(8-6-16)27(28,29)30/h5-8,19,24,32H,1,9-14H2,2-4H3. The molecule has 2 aliphatic heterocycles. The summed E-state index contributed by atoms with van der Waals surface area (Å²) in [4.78, 5) is 4.99. The number of rotatable bonds is 2. The van der Waals surface area contributed by atoms with E-state index in [1.807, 2.05) is 6.92 Å². The lowest BCUT2D eigenvalue weighted by molar-refractivity contribution is -0.137. The highest BCUT2D eigenvalue weighted by molar-refractivity contribution is 5.68. The maximum Gasteiger partial charge on any atom is 0.416 e. The maximum absolute atomic E-state index is 13.2. The van der Waals surface area contributed by atoms with Gasteiger partial charge in [0, 0.05) is 42.9 Å². The molecule has 7 heteroatoms. The summed E-state index contributed by atoms with van der Waals surface area (Å²) in [5.74, 6) is 0. The third-order valence-corrected chi connectivity index (χ3v) is 7.38. The van der Waals surface area contributed by atoms with Crippen molar-refractivity contribution in [2.24, 2.45) is 5.41 Å². The van der Waals surface area contributed by atoms with Crippen molar-refractivity contribution in [2.45, 2.75) is 70.4 Å². The Morgan fingerprint density at radius 3 is 2.35 bits per heavy atom. The van der Waals surface area contributed by atoms with Gasteiger partial charge >= 0.3 is 6.18 Å². The topological polar surface area (TPSA) is 51.6 Å². The molecule has 4 nitrogen and oxygen atoms in total. The van der Waals surface area contributed by atoms with E-state index in [9.17, 15) is 18.3 Å². The van der Waals surface area contributed by atoms with E-state index in [1.54, 1.807) is 0 Å². The van der Waals surface area contributed by atoms with E-state index in [0.29, 0.717) is 43.7 Å². The molecule has 0 bridgehead atoms. The quantitative estimate of drug-likeness (QED) is 0.559. The summed E-state index contributed by atoms with van der Waals surface area (Å²) in [6.45, 7) is 11.3.